The number of nitrogens with one attached hydrogen (secondary N) is 9. The lowest BCUT2D eigenvalue weighted by Gasteiger charge is -2.37. The van der Waals surface area contributed by atoms with E-state index in [9.17, 15) is 82.4 Å². The number of aliphatic hydroxyl groups is 1. The van der Waals surface area contributed by atoms with Gasteiger partial charge in [0.05, 0.1) is 45.0 Å². The van der Waals surface area contributed by atoms with Gasteiger partial charge < -0.3 is 77.7 Å². The highest BCUT2D eigenvalue weighted by Crippen LogP contribution is 2.23. The second-order valence-electron chi connectivity index (χ2n) is 20.0. The fourth-order valence-electron chi connectivity index (χ4n) is 8.39. The van der Waals surface area contributed by atoms with Gasteiger partial charge in [0.2, 0.25) is 65.0 Å². The molecule has 0 saturated carbocycles. The average molecular weight is 1080 g/mol. The van der Waals surface area contributed by atoms with Gasteiger partial charge in [0.25, 0.3) is 0 Å². The highest BCUT2D eigenvalue weighted by molar-refractivity contribution is 5.99. The summed E-state index contributed by atoms with van der Waals surface area (Å²) in [6.07, 6.45) is -2.48. The third kappa shape index (κ3) is 19.7. The maximum absolute atomic E-state index is 14.6. The highest BCUT2D eigenvalue weighted by Gasteiger charge is 2.42. The fourth-order valence-corrected chi connectivity index (χ4v) is 8.39. The Bertz CT molecular complexity index is 2220. The van der Waals surface area contributed by atoms with Crippen molar-refractivity contribution in [3.05, 3.63) is 0 Å². The standard InChI is InChI=1S/C47H73N11O18/c1-8-23(2)37-46(75)58-15-11-13-30(58)42(71)48-19-28(54-39(68)24(3)16-36(67)76-47(5,6)7)45(74)57-14-10-9-12-29(57)43(72)51-21-32(61)53-26(17-34(63)64)40(69)49-20-31(60)52-27(18-35(65)66)41(70)50-22-33(62)55-38(25(4)59)44(73)56-37/h23-30,37-38,59H,8-22H2,1-7H3,(H,48,71)(H,49,69)(H,50,70)(H,51,72)(H,52,60)(H,53,61)(H,54,68)(H,55,62)(H,56,73)(H,63,64)(H,65,66). The number of hydrogen-bond donors (Lipinski definition) is 12. The topological polar surface area (TPSA) is 424 Å². The van der Waals surface area contributed by atoms with Crippen LogP contribution in [-0.2, 0) is 71.9 Å². The Balaban J connectivity index is 2.05. The van der Waals surface area contributed by atoms with Crippen LogP contribution in [0.5, 0.6) is 0 Å². The summed E-state index contributed by atoms with van der Waals surface area (Å²) in [6, 6.07) is -10.8. The van der Waals surface area contributed by atoms with Crippen molar-refractivity contribution in [1.29, 1.82) is 0 Å². The number of rotatable bonds is 11. The smallest absolute Gasteiger partial charge is 0.307 e. The molecule has 29 nitrogen and oxygen atoms in total. The summed E-state index contributed by atoms with van der Waals surface area (Å²) in [5, 5.41) is 50.3. The van der Waals surface area contributed by atoms with Crippen molar-refractivity contribution >= 4 is 82.9 Å². The van der Waals surface area contributed by atoms with Gasteiger partial charge in [0.1, 0.15) is 47.9 Å². The fraction of sp³-hybridized carbons (Fsp3) is 0.702. The Hall–Kier alpha value is -7.46. The minimum atomic E-state index is -1.87. The molecule has 0 aromatic heterocycles. The average Bonchev–Trinajstić information content (AvgIpc) is 3.84. The van der Waals surface area contributed by atoms with Crippen LogP contribution in [0.1, 0.15) is 106 Å². The van der Waals surface area contributed by atoms with E-state index in [1.165, 1.54) is 11.8 Å². The van der Waals surface area contributed by atoms with Crippen molar-refractivity contribution in [2.24, 2.45) is 11.8 Å². The molecule has 12 N–H and O–H groups in total. The molecule has 0 radical (unpaired) electrons. The van der Waals surface area contributed by atoms with Gasteiger partial charge in [-0.05, 0) is 65.7 Å². The predicted octanol–water partition coefficient (Wildman–Crippen LogP) is -4.99. The minimum absolute atomic E-state index is 0.0379. The van der Waals surface area contributed by atoms with Gasteiger partial charge >= 0.3 is 17.9 Å². The van der Waals surface area contributed by atoms with Gasteiger partial charge in [0, 0.05) is 25.6 Å². The van der Waals surface area contributed by atoms with Gasteiger partial charge in [-0.3, -0.25) is 67.1 Å². The lowest BCUT2D eigenvalue weighted by Crippen LogP contribution is -2.62. The van der Waals surface area contributed by atoms with E-state index in [0.717, 1.165) is 11.8 Å². The SMILES string of the molecule is CCC(C)C1NC(=O)C(C(C)O)NC(=O)CNC(=O)C(CC(=O)O)NC(=O)CNC(=O)C(CC(=O)O)NC(=O)CNC(=O)C2CCCCN2C(=O)C(NC(=O)C(C)CC(=O)OC(C)(C)C)CNC(=O)C2CCCN2C1=O. The molecular formula is C47H73N11O18. The van der Waals surface area contributed by atoms with Crippen molar-refractivity contribution in [2.45, 2.75) is 160 Å². The number of carbonyl (C=O) groups excluding carboxylic acids is 12. The molecule has 76 heavy (non-hydrogen) atoms. The van der Waals surface area contributed by atoms with Crippen molar-refractivity contribution in [1.82, 2.24) is 57.7 Å². The number of nitrogens with zero attached hydrogens (tertiary/aromatic N) is 2. The lowest BCUT2D eigenvalue weighted by atomic mass is 9.96. The number of esters is 1. The quantitative estimate of drug-likeness (QED) is 0.0862. The number of aliphatic carboxylic acids is 2. The van der Waals surface area contributed by atoms with E-state index >= 15 is 0 Å². The number of carboxylic acid groups (broad SMARTS) is 2. The summed E-state index contributed by atoms with van der Waals surface area (Å²) in [5.74, 6) is -16.4. The molecule has 3 aliphatic rings. The zero-order valence-corrected chi connectivity index (χ0v) is 43.7. The second kappa shape index (κ2) is 29.0. The first-order chi connectivity index (χ1) is 35.5. The molecule has 3 saturated heterocycles. The van der Waals surface area contributed by atoms with E-state index in [2.05, 4.69) is 47.9 Å². The van der Waals surface area contributed by atoms with Crippen LogP contribution in [0.2, 0.25) is 0 Å². The highest BCUT2D eigenvalue weighted by atomic mass is 16.6. The summed E-state index contributed by atoms with van der Waals surface area (Å²) in [7, 11) is 0. The van der Waals surface area contributed by atoms with Crippen molar-refractivity contribution in [3.8, 4) is 0 Å². The number of ether oxygens (including phenoxy) is 1. The molecular weight excluding hydrogens is 1010 g/mol. The van der Waals surface area contributed by atoms with Crippen LogP contribution in [-0.4, -0.2) is 201 Å². The van der Waals surface area contributed by atoms with Crippen LogP contribution in [0, 0.1) is 11.8 Å². The van der Waals surface area contributed by atoms with Gasteiger partial charge in [-0.1, -0.05) is 27.2 Å². The summed E-state index contributed by atoms with van der Waals surface area (Å²) in [6.45, 7) is 7.43. The number of hydrogen-bond acceptors (Lipinski definition) is 16. The lowest BCUT2D eigenvalue weighted by molar-refractivity contribution is -0.157. The van der Waals surface area contributed by atoms with Crippen molar-refractivity contribution in [2.75, 3.05) is 39.3 Å². The molecule has 0 aromatic carbocycles. The molecule has 3 rings (SSSR count). The molecule has 10 atom stereocenters. The van der Waals surface area contributed by atoms with Crippen LogP contribution >= 0.6 is 0 Å². The number of aliphatic hydroxyl groups excluding tert-OH is 1. The third-order valence-electron chi connectivity index (χ3n) is 12.6. The van der Waals surface area contributed by atoms with Crippen LogP contribution in [0.15, 0.2) is 0 Å². The molecule has 0 bridgehead atoms. The zero-order chi connectivity index (χ0) is 57.2. The van der Waals surface area contributed by atoms with E-state index in [1.807, 2.05) is 0 Å². The van der Waals surface area contributed by atoms with Crippen molar-refractivity contribution < 1.29 is 87.2 Å². The van der Waals surface area contributed by atoms with Crippen LogP contribution in [0.4, 0.5) is 0 Å². The molecule has 0 aromatic rings. The Morgan fingerprint density at radius 2 is 1.11 bits per heavy atom. The molecule has 3 aliphatic heterocycles. The van der Waals surface area contributed by atoms with Gasteiger partial charge in [-0.15, -0.1) is 0 Å². The Morgan fingerprint density at radius 3 is 1.61 bits per heavy atom. The number of carboxylic acids is 2. The van der Waals surface area contributed by atoms with Crippen LogP contribution in [0.3, 0.4) is 0 Å². The third-order valence-corrected chi connectivity index (χ3v) is 12.6. The second-order valence-corrected chi connectivity index (χ2v) is 20.0. The molecule has 3 heterocycles. The molecule has 424 valence electrons. The maximum atomic E-state index is 14.6. The summed E-state index contributed by atoms with van der Waals surface area (Å²) >= 11 is 0. The summed E-state index contributed by atoms with van der Waals surface area (Å²) < 4.78 is 5.35. The van der Waals surface area contributed by atoms with E-state index in [-0.39, 0.29) is 25.9 Å². The van der Waals surface area contributed by atoms with Crippen LogP contribution < -0.4 is 47.9 Å². The minimum Gasteiger partial charge on any atom is -0.481 e. The molecule has 29 heteroatoms. The number of amides is 11. The first-order valence-electron chi connectivity index (χ1n) is 25.1. The van der Waals surface area contributed by atoms with E-state index in [4.69, 9.17) is 4.74 Å². The number of carbonyl (C=O) groups is 14. The van der Waals surface area contributed by atoms with Crippen LogP contribution in [0.25, 0.3) is 0 Å². The summed E-state index contributed by atoms with van der Waals surface area (Å²) in [5.41, 5.74) is -0.883. The van der Waals surface area contributed by atoms with E-state index < -0.39 is 194 Å². The largest absolute Gasteiger partial charge is 0.481 e. The number of fused-ring (bicyclic) bond motifs is 2. The molecule has 11 amide bonds. The Morgan fingerprint density at radius 1 is 0.632 bits per heavy atom. The predicted molar refractivity (Wildman–Crippen MR) is 261 cm³/mol. The number of piperidine rings is 1. The Labute approximate surface area is 438 Å². The molecule has 0 spiro atoms. The van der Waals surface area contributed by atoms with E-state index in [1.54, 1.807) is 34.6 Å². The van der Waals surface area contributed by atoms with E-state index in [0.29, 0.717) is 25.7 Å². The zero-order valence-electron chi connectivity index (χ0n) is 43.7. The van der Waals surface area contributed by atoms with Crippen molar-refractivity contribution in [3.63, 3.8) is 0 Å². The maximum Gasteiger partial charge on any atom is 0.307 e. The normalized spacial score (nSPS) is 26.1. The van der Waals surface area contributed by atoms with Gasteiger partial charge in [-0.25, -0.2) is 0 Å². The molecule has 3 fully saturated rings. The Kier molecular flexibility index (Phi) is 24.0. The first kappa shape index (κ1) is 62.8. The first-order valence-corrected chi connectivity index (χ1v) is 25.1. The van der Waals surface area contributed by atoms with Gasteiger partial charge in [-0.2, -0.15) is 0 Å². The van der Waals surface area contributed by atoms with Gasteiger partial charge in [0.15, 0.2) is 0 Å². The summed E-state index contributed by atoms with van der Waals surface area (Å²) in [4.78, 5) is 188. The monoisotopic (exact) mass is 1080 g/mol. The molecule has 0 aliphatic carbocycles. The molecule has 10 unspecified atom stereocenters.